The van der Waals surface area contributed by atoms with E-state index < -0.39 is 30.3 Å². The van der Waals surface area contributed by atoms with Gasteiger partial charge in [0.25, 0.3) is 5.91 Å². The maximum Gasteiger partial charge on any atom is 0.573 e. The van der Waals surface area contributed by atoms with Crippen LogP contribution in [-0.2, 0) is 18.3 Å². The number of likely N-dealkylation sites (N-methyl/N-ethyl adjacent to an activating group) is 1. The molecule has 0 atom stereocenters. The SMILES string of the molecule is CN(C)C(=O)Cc1c(OC(F)(F)F)ccc(C(=O)Nc2nnnn2C)c1Cl. The molecule has 146 valence electrons. The molecule has 1 heterocycles. The van der Waals surface area contributed by atoms with Gasteiger partial charge in [-0.3, -0.25) is 14.9 Å². The smallest absolute Gasteiger partial charge is 0.405 e. The Bertz CT molecular complexity index is 868. The summed E-state index contributed by atoms with van der Waals surface area (Å²) in [5.74, 6) is -1.97. The van der Waals surface area contributed by atoms with Crippen LogP contribution < -0.4 is 10.1 Å². The van der Waals surface area contributed by atoms with E-state index in [4.69, 9.17) is 11.6 Å². The molecule has 1 aromatic heterocycles. The largest absolute Gasteiger partial charge is 0.573 e. The molecule has 0 aliphatic rings. The molecule has 0 spiro atoms. The number of hydrogen-bond donors (Lipinski definition) is 1. The monoisotopic (exact) mass is 406 g/mol. The van der Waals surface area contributed by atoms with Gasteiger partial charge >= 0.3 is 6.36 Å². The van der Waals surface area contributed by atoms with E-state index in [9.17, 15) is 22.8 Å². The van der Waals surface area contributed by atoms with Crippen molar-refractivity contribution in [2.45, 2.75) is 12.8 Å². The lowest BCUT2D eigenvalue weighted by molar-refractivity contribution is -0.274. The lowest BCUT2D eigenvalue weighted by Gasteiger charge is -2.18. The van der Waals surface area contributed by atoms with Gasteiger partial charge in [0.1, 0.15) is 5.75 Å². The topological polar surface area (TPSA) is 102 Å². The van der Waals surface area contributed by atoms with Crippen LogP contribution in [0.1, 0.15) is 15.9 Å². The molecule has 2 aromatic rings. The minimum absolute atomic E-state index is 0.00222. The molecular weight excluding hydrogens is 393 g/mol. The molecule has 0 saturated heterocycles. The lowest BCUT2D eigenvalue weighted by Crippen LogP contribution is -2.25. The number of alkyl halides is 3. The van der Waals surface area contributed by atoms with Gasteiger partial charge in [-0.15, -0.1) is 13.2 Å². The van der Waals surface area contributed by atoms with Gasteiger partial charge in [-0.25, -0.2) is 4.68 Å². The van der Waals surface area contributed by atoms with Crippen LogP contribution in [0.15, 0.2) is 12.1 Å². The van der Waals surface area contributed by atoms with E-state index in [1.165, 1.54) is 30.7 Å². The fraction of sp³-hybridized carbons (Fsp3) is 0.357. The first-order chi connectivity index (χ1) is 12.5. The van der Waals surface area contributed by atoms with Crippen LogP contribution in [0.25, 0.3) is 0 Å². The Balaban J connectivity index is 2.43. The van der Waals surface area contributed by atoms with Gasteiger partial charge in [0.2, 0.25) is 11.9 Å². The third-order valence-corrected chi connectivity index (χ3v) is 3.77. The van der Waals surface area contributed by atoms with E-state index in [0.29, 0.717) is 0 Å². The number of ether oxygens (including phenoxy) is 1. The highest BCUT2D eigenvalue weighted by Crippen LogP contribution is 2.34. The second-order valence-corrected chi connectivity index (χ2v) is 5.87. The molecule has 0 unspecified atom stereocenters. The molecule has 0 fully saturated rings. The second kappa shape index (κ2) is 7.78. The maximum atomic E-state index is 12.6. The number of carbonyl (C=O) groups is 2. The number of anilines is 1. The molecule has 2 rings (SSSR count). The summed E-state index contributed by atoms with van der Waals surface area (Å²) in [6.45, 7) is 0. The molecular formula is C14H14ClF3N6O3. The van der Waals surface area contributed by atoms with E-state index >= 15 is 0 Å². The third kappa shape index (κ3) is 5.06. The Labute approximate surface area is 156 Å². The highest BCUT2D eigenvalue weighted by molar-refractivity contribution is 6.35. The maximum absolute atomic E-state index is 12.6. The molecule has 0 aliphatic heterocycles. The first-order valence-electron chi connectivity index (χ1n) is 7.30. The number of rotatable bonds is 5. The minimum atomic E-state index is -4.99. The number of nitrogens with zero attached hydrogens (tertiary/aromatic N) is 5. The van der Waals surface area contributed by atoms with Crippen LogP contribution >= 0.6 is 11.6 Å². The van der Waals surface area contributed by atoms with Crippen molar-refractivity contribution < 1.29 is 27.5 Å². The van der Waals surface area contributed by atoms with Crippen LogP contribution in [-0.4, -0.2) is 57.4 Å². The molecule has 0 bridgehead atoms. The molecule has 13 heteroatoms. The number of amides is 2. The molecule has 0 saturated carbocycles. The van der Waals surface area contributed by atoms with Crippen molar-refractivity contribution in [1.82, 2.24) is 25.1 Å². The highest BCUT2D eigenvalue weighted by atomic mass is 35.5. The first-order valence-corrected chi connectivity index (χ1v) is 7.68. The zero-order valence-corrected chi connectivity index (χ0v) is 15.1. The van der Waals surface area contributed by atoms with E-state index in [1.54, 1.807) is 0 Å². The normalized spacial score (nSPS) is 11.2. The number of benzene rings is 1. The summed E-state index contributed by atoms with van der Waals surface area (Å²) >= 11 is 6.13. The molecule has 2 amide bonds. The van der Waals surface area contributed by atoms with Crippen molar-refractivity contribution in [3.05, 3.63) is 28.3 Å². The number of aryl methyl sites for hydroxylation is 1. The Morgan fingerprint density at radius 1 is 1.33 bits per heavy atom. The zero-order chi connectivity index (χ0) is 20.4. The van der Waals surface area contributed by atoms with Gasteiger partial charge in [-0.1, -0.05) is 16.7 Å². The average molecular weight is 407 g/mol. The Hall–Kier alpha value is -2.89. The van der Waals surface area contributed by atoms with Crippen molar-refractivity contribution >= 4 is 29.4 Å². The summed E-state index contributed by atoms with van der Waals surface area (Å²) in [6.07, 6.45) is -5.49. The van der Waals surface area contributed by atoms with Crippen LogP contribution in [0.3, 0.4) is 0 Å². The summed E-state index contributed by atoms with van der Waals surface area (Å²) in [4.78, 5) is 25.5. The lowest BCUT2D eigenvalue weighted by atomic mass is 10.0. The third-order valence-electron chi connectivity index (χ3n) is 3.34. The second-order valence-electron chi connectivity index (χ2n) is 5.50. The summed E-state index contributed by atoms with van der Waals surface area (Å²) < 4.78 is 43.0. The van der Waals surface area contributed by atoms with Crippen molar-refractivity contribution in [2.75, 3.05) is 19.4 Å². The predicted octanol–water partition coefficient (Wildman–Crippen LogP) is 1.65. The summed E-state index contributed by atoms with van der Waals surface area (Å²) in [5.41, 5.74) is -0.438. The van der Waals surface area contributed by atoms with Gasteiger partial charge in [-0.05, 0) is 22.6 Å². The standard InChI is InChI=1S/C14H14ClF3N6O3/c1-23(2)10(25)6-8-9(27-14(16,17)18)5-4-7(11(8)15)12(26)19-13-20-21-22-24(13)3/h4-5H,6H2,1-3H3,(H,19,20,22,26). The quantitative estimate of drug-likeness (QED) is 0.810. The fourth-order valence-electron chi connectivity index (χ4n) is 1.98. The molecule has 9 nitrogen and oxygen atoms in total. The Morgan fingerprint density at radius 2 is 2.00 bits per heavy atom. The highest BCUT2D eigenvalue weighted by Gasteiger charge is 2.33. The molecule has 27 heavy (non-hydrogen) atoms. The van der Waals surface area contributed by atoms with Crippen LogP contribution in [0, 0.1) is 0 Å². The van der Waals surface area contributed by atoms with E-state index in [0.717, 1.165) is 12.1 Å². The van der Waals surface area contributed by atoms with Crippen LogP contribution in [0.4, 0.5) is 19.1 Å². The van der Waals surface area contributed by atoms with Crippen LogP contribution in [0.2, 0.25) is 5.02 Å². The van der Waals surface area contributed by atoms with Crippen molar-refractivity contribution in [3.8, 4) is 5.75 Å². The number of halogens is 4. The van der Waals surface area contributed by atoms with Crippen molar-refractivity contribution in [2.24, 2.45) is 7.05 Å². The fourth-order valence-corrected chi connectivity index (χ4v) is 2.29. The number of tetrazole rings is 1. The van der Waals surface area contributed by atoms with Gasteiger partial charge in [0, 0.05) is 26.7 Å². The summed E-state index contributed by atoms with van der Waals surface area (Å²) in [6, 6.07) is 1.97. The zero-order valence-electron chi connectivity index (χ0n) is 14.3. The first kappa shape index (κ1) is 20.4. The summed E-state index contributed by atoms with van der Waals surface area (Å²) in [7, 11) is 4.33. The molecule has 1 N–H and O–H groups in total. The average Bonchev–Trinajstić information content (AvgIpc) is 2.94. The number of carbonyl (C=O) groups excluding carboxylic acids is 2. The summed E-state index contributed by atoms with van der Waals surface area (Å²) in [5, 5.41) is 12.5. The molecule has 1 aromatic carbocycles. The van der Waals surface area contributed by atoms with E-state index in [1.807, 2.05) is 0 Å². The minimum Gasteiger partial charge on any atom is -0.405 e. The Morgan fingerprint density at radius 3 is 2.52 bits per heavy atom. The number of hydrogen-bond acceptors (Lipinski definition) is 6. The molecule has 0 aliphatic carbocycles. The Kier molecular flexibility index (Phi) is 5.88. The van der Waals surface area contributed by atoms with E-state index in [2.05, 4.69) is 25.6 Å². The van der Waals surface area contributed by atoms with Gasteiger partial charge in [0.15, 0.2) is 0 Å². The number of aromatic nitrogens is 4. The van der Waals surface area contributed by atoms with Gasteiger partial charge in [-0.2, -0.15) is 0 Å². The van der Waals surface area contributed by atoms with Crippen LogP contribution in [0.5, 0.6) is 5.75 Å². The predicted molar refractivity (Wildman–Crippen MR) is 87.3 cm³/mol. The van der Waals surface area contributed by atoms with Gasteiger partial charge in [0.05, 0.1) is 17.0 Å². The van der Waals surface area contributed by atoms with E-state index in [-0.39, 0.29) is 22.1 Å². The van der Waals surface area contributed by atoms with Crippen molar-refractivity contribution in [3.63, 3.8) is 0 Å². The number of nitrogens with one attached hydrogen (secondary N) is 1. The molecule has 0 radical (unpaired) electrons. The van der Waals surface area contributed by atoms with Gasteiger partial charge < -0.3 is 9.64 Å². The van der Waals surface area contributed by atoms with Crippen molar-refractivity contribution in [1.29, 1.82) is 0 Å².